The van der Waals surface area contributed by atoms with Crippen LogP contribution in [0.2, 0.25) is 0 Å². The molecule has 2 rings (SSSR count). The number of carbonyl (C=O) groups is 1. The van der Waals surface area contributed by atoms with Crippen LogP contribution in [0.4, 0.5) is 13.6 Å². The predicted octanol–water partition coefficient (Wildman–Crippen LogP) is 1.78. The van der Waals surface area contributed by atoms with Crippen LogP contribution in [0.3, 0.4) is 0 Å². The van der Waals surface area contributed by atoms with E-state index in [-0.39, 0.29) is 18.5 Å². The van der Waals surface area contributed by atoms with E-state index in [0.717, 1.165) is 12.0 Å². The second kappa shape index (κ2) is 6.65. The van der Waals surface area contributed by atoms with Crippen molar-refractivity contribution in [1.29, 1.82) is 0 Å². The molecule has 3 N–H and O–H groups in total. The number of rotatable bonds is 4. The molecule has 110 valence electrons. The van der Waals surface area contributed by atoms with Crippen LogP contribution < -0.4 is 11.1 Å². The van der Waals surface area contributed by atoms with Gasteiger partial charge in [-0.1, -0.05) is 30.3 Å². The van der Waals surface area contributed by atoms with Crippen molar-refractivity contribution in [3.05, 3.63) is 35.9 Å². The minimum absolute atomic E-state index is 0.118. The molecule has 1 aliphatic heterocycles. The number of hydrogen-bond acceptors (Lipinski definition) is 2. The van der Waals surface area contributed by atoms with Crippen LogP contribution in [0.5, 0.6) is 0 Å². The van der Waals surface area contributed by atoms with Crippen molar-refractivity contribution >= 4 is 6.03 Å². The second-order valence-corrected chi connectivity index (χ2v) is 5.08. The van der Waals surface area contributed by atoms with Crippen LogP contribution in [-0.4, -0.2) is 43.0 Å². The summed E-state index contributed by atoms with van der Waals surface area (Å²) in [6.45, 7) is 0.552. The Hall–Kier alpha value is -1.69. The zero-order valence-corrected chi connectivity index (χ0v) is 11.1. The fourth-order valence-electron chi connectivity index (χ4n) is 2.65. The van der Waals surface area contributed by atoms with Crippen LogP contribution in [0, 0.1) is 0 Å². The van der Waals surface area contributed by atoms with Crippen molar-refractivity contribution in [3.63, 3.8) is 0 Å². The number of primary amides is 1. The van der Waals surface area contributed by atoms with Gasteiger partial charge in [-0.05, 0) is 12.0 Å². The maximum absolute atomic E-state index is 12.3. The lowest BCUT2D eigenvalue weighted by molar-refractivity contribution is 0.127. The summed E-state index contributed by atoms with van der Waals surface area (Å²) in [7, 11) is 0. The van der Waals surface area contributed by atoms with Gasteiger partial charge in [-0.3, -0.25) is 0 Å². The zero-order valence-electron chi connectivity index (χ0n) is 11.1. The molecule has 0 aromatic heterocycles. The molecule has 20 heavy (non-hydrogen) atoms. The highest BCUT2D eigenvalue weighted by atomic mass is 19.3. The Morgan fingerprint density at radius 2 is 2.05 bits per heavy atom. The van der Waals surface area contributed by atoms with E-state index in [1.165, 1.54) is 4.90 Å². The molecule has 1 aromatic rings. The number of urea groups is 1. The maximum atomic E-state index is 12.3. The average molecular weight is 283 g/mol. The van der Waals surface area contributed by atoms with Crippen LogP contribution in [0.25, 0.3) is 0 Å². The van der Waals surface area contributed by atoms with E-state index >= 15 is 0 Å². The summed E-state index contributed by atoms with van der Waals surface area (Å²) in [5, 5.41) is 2.81. The van der Waals surface area contributed by atoms with Gasteiger partial charge in [0.25, 0.3) is 6.43 Å². The molecule has 0 spiro atoms. The molecule has 1 heterocycles. The molecule has 2 atom stereocenters. The van der Waals surface area contributed by atoms with Crippen molar-refractivity contribution in [2.45, 2.75) is 24.8 Å². The summed E-state index contributed by atoms with van der Waals surface area (Å²) < 4.78 is 24.6. The third kappa shape index (κ3) is 3.90. The van der Waals surface area contributed by atoms with Crippen molar-refractivity contribution in [3.8, 4) is 0 Å². The van der Waals surface area contributed by atoms with Gasteiger partial charge in [-0.25, -0.2) is 13.6 Å². The van der Waals surface area contributed by atoms with Gasteiger partial charge in [0.15, 0.2) is 0 Å². The molecule has 2 amide bonds. The normalized spacial score (nSPS) is 23.1. The van der Waals surface area contributed by atoms with E-state index in [0.29, 0.717) is 13.1 Å². The quantitative estimate of drug-likeness (QED) is 0.885. The Bertz CT molecular complexity index is 441. The topological polar surface area (TPSA) is 58.4 Å². The smallest absolute Gasteiger partial charge is 0.314 e. The highest BCUT2D eigenvalue weighted by Crippen LogP contribution is 2.26. The van der Waals surface area contributed by atoms with Crippen molar-refractivity contribution in [2.24, 2.45) is 5.73 Å². The minimum Gasteiger partial charge on any atom is -0.351 e. The second-order valence-electron chi connectivity index (χ2n) is 5.08. The van der Waals surface area contributed by atoms with Crippen LogP contribution >= 0.6 is 0 Å². The fraction of sp³-hybridized carbons (Fsp3) is 0.500. The predicted molar refractivity (Wildman–Crippen MR) is 72.8 cm³/mol. The van der Waals surface area contributed by atoms with E-state index in [1.807, 2.05) is 30.3 Å². The summed E-state index contributed by atoms with van der Waals surface area (Å²) in [6, 6.07) is 9.09. The SMILES string of the molecule is NC(=O)N1CC(NCC(F)F)CC(c2ccccc2)C1. The maximum Gasteiger partial charge on any atom is 0.314 e. The number of carbonyl (C=O) groups excluding carboxylic acids is 1. The zero-order chi connectivity index (χ0) is 14.5. The molecule has 1 saturated heterocycles. The lowest BCUT2D eigenvalue weighted by atomic mass is 9.88. The first-order valence-electron chi connectivity index (χ1n) is 6.67. The molecular weight excluding hydrogens is 264 g/mol. The first kappa shape index (κ1) is 14.7. The van der Waals surface area contributed by atoms with Gasteiger partial charge in [-0.2, -0.15) is 0 Å². The third-order valence-corrected chi connectivity index (χ3v) is 3.59. The molecule has 2 unspecified atom stereocenters. The number of alkyl halides is 2. The number of halogens is 2. The van der Waals surface area contributed by atoms with Crippen LogP contribution in [-0.2, 0) is 0 Å². The number of nitrogens with one attached hydrogen (secondary N) is 1. The number of nitrogens with two attached hydrogens (primary N) is 1. The summed E-state index contributed by atoms with van der Waals surface area (Å²) in [5.41, 5.74) is 6.44. The number of benzene rings is 1. The van der Waals surface area contributed by atoms with Gasteiger partial charge in [0, 0.05) is 25.0 Å². The van der Waals surface area contributed by atoms with Gasteiger partial charge in [0.1, 0.15) is 0 Å². The molecule has 4 nitrogen and oxygen atoms in total. The first-order valence-corrected chi connectivity index (χ1v) is 6.67. The van der Waals surface area contributed by atoms with Crippen LogP contribution in [0.15, 0.2) is 30.3 Å². The molecule has 1 aliphatic rings. The van der Waals surface area contributed by atoms with E-state index in [1.54, 1.807) is 0 Å². The lowest BCUT2D eigenvalue weighted by Crippen LogP contribution is -2.52. The lowest BCUT2D eigenvalue weighted by Gasteiger charge is -2.37. The number of amides is 2. The molecule has 0 bridgehead atoms. The monoisotopic (exact) mass is 283 g/mol. The Balaban J connectivity index is 2.06. The molecule has 0 radical (unpaired) electrons. The summed E-state index contributed by atoms with van der Waals surface area (Å²) >= 11 is 0. The van der Waals surface area contributed by atoms with Crippen molar-refractivity contribution in [1.82, 2.24) is 10.2 Å². The molecule has 1 aromatic carbocycles. The van der Waals surface area contributed by atoms with E-state index in [2.05, 4.69) is 5.32 Å². The standard InChI is InChI=1S/C14H19F2N3O/c15-13(16)7-18-12-6-11(8-19(9-12)14(17)20)10-4-2-1-3-5-10/h1-5,11-13,18H,6-9H2,(H2,17,20). The number of piperidine rings is 1. The molecule has 0 aliphatic carbocycles. The van der Waals surface area contributed by atoms with Crippen molar-refractivity contribution < 1.29 is 13.6 Å². The summed E-state index contributed by atoms with van der Waals surface area (Å²) in [5.74, 6) is 0.118. The van der Waals surface area contributed by atoms with Gasteiger partial charge in [0.2, 0.25) is 0 Å². The average Bonchev–Trinajstić information content (AvgIpc) is 2.45. The van der Waals surface area contributed by atoms with E-state index in [4.69, 9.17) is 5.73 Å². The molecule has 0 saturated carbocycles. The highest BCUT2D eigenvalue weighted by Gasteiger charge is 2.30. The summed E-state index contributed by atoms with van der Waals surface area (Å²) in [6.07, 6.45) is -1.67. The van der Waals surface area contributed by atoms with Gasteiger partial charge in [-0.15, -0.1) is 0 Å². The number of likely N-dealkylation sites (tertiary alicyclic amines) is 1. The van der Waals surface area contributed by atoms with E-state index < -0.39 is 12.5 Å². The van der Waals surface area contributed by atoms with Gasteiger partial charge < -0.3 is 16.0 Å². The van der Waals surface area contributed by atoms with Gasteiger partial charge >= 0.3 is 6.03 Å². The Labute approximate surface area is 116 Å². The third-order valence-electron chi connectivity index (χ3n) is 3.59. The van der Waals surface area contributed by atoms with Crippen molar-refractivity contribution in [2.75, 3.05) is 19.6 Å². The number of nitrogens with zero attached hydrogens (tertiary/aromatic N) is 1. The Kier molecular flexibility index (Phi) is 4.89. The first-order chi connectivity index (χ1) is 9.56. The van der Waals surface area contributed by atoms with Gasteiger partial charge in [0.05, 0.1) is 6.54 Å². The molecule has 6 heteroatoms. The number of hydrogen-bond donors (Lipinski definition) is 2. The minimum atomic E-state index is -2.39. The largest absolute Gasteiger partial charge is 0.351 e. The highest BCUT2D eigenvalue weighted by molar-refractivity contribution is 5.72. The van der Waals surface area contributed by atoms with E-state index in [9.17, 15) is 13.6 Å². The molecule has 1 fully saturated rings. The van der Waals surface area contributed by atoms with Crippen LogP contribution in [0.1, 0.15) is 17.9 Å². The molecular formula is C14H19F2N3O. The Morgan fingerprint density at radius 1 is 1.35 bits per heavy atom. The fourth-order valence-corrected chi connectivity index (χ4v) is 2.65. The Morgan fingerprint density at radius 3 is 2.65 bits per heavy atom. The summed E-state index contributed by atoms with van der Waals surface area (Å²) in [4.78, 5) is 12.9.